The number of aliphatic imine (C=N–C) groups is 1. The molecule has 0 bridgehead atoms. The Bertz CT molecular complexity index is 1060. The number of aldehydes is 1. The minimum Gasteiger partial charge on any atom is -0.369 e. The van der Waals surface area contributed by atoms with Gasteiger partial charge >= 0.3 is 0 Å². The number of likely N-dealkylation sites (N-methyl/N-ethyl adjacent to an activating group) is 1. The number of thiophene rings is 1. The van der Waals surface area contributed by atoms with Crippen molar-refractivity contribution < 1.29 is 9.59 Å². The van der Waals surface area contributed by atoms with Crippen LogP contribution < -0.4 is 5.73 Å². The van der Waals surface area contributed by atoms with E-state index in [9.17, 15) is 9.59 Å². The highest BCUT2D eigenvalue weighted by Gasteiger charge is 2.49. The van der Waals surface area contributed by atoms with E-state index in [0.717, 1.165) is 23.0 Å². The SMILES string of the molecule is CN1C(=O)C(c2ccccc2)(c2cccc(-c3ccsc3C=O)c2)N=C1N. The quantitative estimate of drug-likeness (QED) is 0.711. The first-order valence-electron chi connectivity index (χ1n) is 8.40. The molecule has 2 aromatic carbocycles. The van der Waals surface area contributed by atoms with Crippen molar-refractivity contribution in [3.8, 4) is 11.1 Å². The highest BCUT2D eigenvalue weighted by atomic mass is 32.1. The van der Waals surface area contributed by atoms with Crippen molar-refractivity contribution in [2.24, 2.45) is 10.7 Å². The van der Waals surface area contributed by atoms with Crippen molar-refractivity contribution in [2.45, 2.75) is 5.54 Å². The summed E-state index contributed by atoms with van der Waals surface area (Å²) in [6.45, 7) is 0. The third-order valence-electron chi connectivity index (χ3n) is 4.83. The molecule has 1 aliphatic heterocycles. The van der Waals surface area contributed by atoms with Gasteiger partial charge in [0.2, 0.25) is 0 Å². The molecular weight excluding hydrogens is 358 g/mol. The van der Waals surface area contributed by atoms with Gasteiger partial charge in [-0.3, -0.25) is 14.5 Å². The summed E-state index contributed by atoms with van der Waals surface area (Å²) in [5.74, 6) is -0.0253. The molecule has 1 aromatic heterocycles. The van der Waals surface area contributed by atoms with E-state index in [2.05, 4.69) is 4.99 Å². The summed E-state index contributed by atoms with van der Waals surface area (Å²) < 4.78 is 0. The summed E-state index contributed by atoms with van der Waals surface area (Å²) >= 11 is 1.39. The van der Waals surface area contributed by atoms with Gasteiger partial charge in [0.25, 0.3) is 5.91 Å². The second-order valence-electron chi connectivity index (χ2n) is 6.31. The number of carbonyl (C=O) groups excluding carboxylic acids is 2. The Labute approximate surface area is 160 Å². The molecule has 2 heterocycles. The van der Waals surface area contributed by atoms with Gasteiger partial charge in [-0.25, -0.2) is 4.99 Å². The minimum atomic E-state index is -1.23. The molecule has 1 atom stereocenters. The topological polar surface area (TPSA) is 75.8 Å². The lowest BCUT2D eigenvalue weighted by atomic mass is 9.82. The van der Waals surface area contributed by atoms with Crippen molar-refractivity contribution in [1.29, 1.82) is 0 Å². The van der Waals surface area contributed by atoms with Crippen molar-refractivity contribution in [2.75, 3.05) is 7.05 Å². The molecule has 0 saturated heterocycles. The second kappa shape index (κ2) is 6.48. The first-order valence-corrected chi connectivity index (χ1v) is 9.28. The highest BCUT2D eigenvalue weighted by molar-refractivity contribution is 7.12. The number of benzene rings is 2. The van der Waals surface area contributed by atoms with Gasteiger partial charge in [-0.2, -0.15) is 0 Å². The normalized spacial score (nSPS) is 19.2. The van der Waals surface area contributed by atoms with E-state index in [1.807, 2.05) is 66.0 Å². The molecule has 0 saturated carbocycles. The van der Waals surface area contributed by atoms with Crippen LogP contribution in [0.25, 0.3) is 11.1 Å². The van der Waals surface area contributed by atoms with Crippen LogP contribution in [0.2, 0.25) is 0 Å². The molecular formula is C21H17N3O2S. The van der Waals surface area contributed by atoms with Crippen LogP contribution >= 0.6 is 11.3 Å². The number of nitrogens with zero attached hydrogens (tertiary/aromatic N) is 2. The summed E-state index contributed by atoms with van der Waals surface area (Å²) in [4.78, 5) is 31.2. The van der Waals surface area contributed by atoms with E-state index in [4.69, 9.17) is 5.73 Å². The van der Waals surface area contributed by atoms with Crippen LogP contribution in [0.4, 0.5) is 0 Å². The first kappa shape index (κ1) is 17.2. The zero-order valence-electron chi connectivity index (χ0n) is 14.6. The molecule has 0 radical (unpaired) electrons. The van der Waals surface area contributed by atoms with Crippen LogP contribution in [0.1, 0.15) is 20.8 Å². The molecule has 4 rings (SSSR count). The Kier molecular flexibility index (Phi) is 4.12. The van der Waals surface area contributed by atoms with E-state index in [1.165, 1.54) is 16.2 Å². The van der Waals surface area contributed by atoms with Crippen molar-refractivity contribution in [3.63, 3.8) is 0 Å². The summed E-state index contributed by atoms with van der Waals surface area (Å²) in [7, 11) is 1.62. The average molecular weight is 375 g/mol. The van der Waals surface area contributed by atoms with Gasteiger partial charge in [0.1, 0.15) is 0 Å². The van der Waals surface area contributed by atoms with Gasteiger partial charge in [0, 0.05) is 12.6 Å². The average Bonchev–Trinajstić information content (AvgIpc) is 3.28. The van der Waals surface area contributed by atoms with Crippen LogP contribution in [-0.4, -0.2) is 30.1 Å². The molecule has 2 N–H and O–H groups in total. The van der Waals surface area contributed by atoms with E-state index < -0.39 is 5.54 Å². The minimum absolute atomic E-state index is 0.179. The van der Waals surface area contributed by atoms with Gasteiger partial charge in [0.05, 0.1) is 4.88 Å². The number of nitrogens with two attached hydrogens (primary N) is 1. The van der Waals surface area contributed by atoms with E-state index in [-0.39, 0.29) is 11.9 Å². The van der Waals surface area contributed by atoms with Crippen LogP contribution in [0.5, 0.6) is 0 Å². The van der Waals surface area contributed by atoms with Crippen LogP contribution in [-0.2, 0) is 10.3 Å². The number of hydrogen-bond donors (Lipinski definition) is 1. The molecule has 134 valence electrons. The lowest BCUT2D eigenvalue weighted by molar-refractivity contribution is -0.129. The standard InChI is InChI=1S/C21H17N3O2S/c1-24-19(26)21(23-20(24)22,15-7-3-2-4-8-15)16-9-5-6-14(12-16)17-10-11-27-18(17)13-25/h2-13H,1H3,(H2,22,23). The van der Waals surface area contributed by atoms with E-state index >= 15 is 0 Å². The number of guanidine groups is 1. The van der Waals surface area contributed by atoms with Crippen molar-refractivity contribution in [3.05, 3.63) is 82.0 Å². The smallest absolute Gasteiger partial charge is 0.266 e. The third kappa shape index (κ3) is 2.57. The zero-order valence-corrected chi connectivity index (χ0v) is 15.4. The van der Waals surface area contributed by atoms with Crippen LogP contribution in [0.3, 0.4) is 0 Å². The Balaban J connectivity index is 1.95. The summed E-state index contributed by atoms with van der Waals surface area (Å²) in [6.07, 6.45) is 0.851. The van der Waals surface area contributed by atoms with Gasteiger partial charge in [0.15, 0.2) is 17.8 Å². The molecule has 5 nitrogen and oxygen atoms in total. The number of amides is 1. The molecule has 1 amide bonds. The molecule has 1 unspecified atom stereocenters. The van der Waals surface area contributed by atoms with Gasteiger partial charge in [-0.1, -0.05) is 48.5 Å². The maximum Gasteiger partial charge on any atom is 0.266 e. The van der Waals surface area contributed by atoms with Crippen LogP contribution in [0.15, 0.2) is 71.0 Å². The molecule has 0 spiro atoms. The largest absolute Gasteiger partial charge is 0.369 e. The molecule has 6 heteroatoms. The molecule has 0 aliphatic carbocycles. The predicted octanol–water partition coefficient (Wildman–Crippen LogP) is 3.26. The molecule has 0 fully saturated rings. The van der Waals surface area contributed by atoms with E-state index in [0.29, 0.717) is 10.4 Å². The van der Waals surface area contributed by atoms with Crippen LogP contribution in [0, 0.1) is 0 Å². The van der Waals surface area contributed by atoms with Gasteiger partial charge < -0.3 is 5.73 Å². The maximum atomic E-state index is 13.2. The van der Waals surface area contributed by atoms with E-state index in [1.54, 1.807) is 7.05 Å². The third-order valence-corrected chi connectivity index (χ3v) is 5.67. The predicted molar refractivity (Wildman–Crippen MR) is 107 cm³/mol. The highest BCUT2D eigenvalue weighted by Crippen LogP contribution is 2.40. The molecule has 1 aliphatic rings. The van der Waals surface area contributed by atoms with Gasteiger partial charge in [-0.05, 0) is 34.2 Å². The summed E-state index contributed by atoms with van der Waals surface area (Å²) in [5.41, 5.74) is 7.95. The van der Waals surface area contributed by atoms with Crippen molar-refractivity contribution >= 4 is 29.5 Å². The maximum absolute atomic E-state index is 13.2. The lowest BCUT2D eigenvalue weighted by Gasteiger charge is -2.26. The summed E-state index contributed by atoms with van der Waals surface area (Å²) in [6, 6.07) is 18.9. The van der Waals surface area contributed by atoms with Gasteiger partial charge in [-0.15, -0.1) is 11.3 Å². The number of carbonyl (C=O) groups is 2. The Hall–Kier alpha value is -3.25. The lowest BCUT2D eigenvalue weighted by Crippen LogP contribution is -2.41. The Morgan fingerprint density at radius 3 is 2.48 bits per heavy atom. The zero-order chi connectivity index (χ0) is 19.0. The molecule has 27 heavy (non-hydrogen) atoms. The Morgan fingerprint density at radius 2 is 1.81 bits per heavy atom. The number of hydrogen-bond acceptors (Lipinski definition) is 5. The molecule has 3 aromatic rings. The first-order chi connectivity index (χ1) is 13.1. The Morgan fingerprint density at radius 1 is 1.07 bits per heavy atom. The number of rotatable bonds is 4. The fourth-order valence-electron chi connectivity index (χ4n) is 3.43. The fraction of sp³-hybridized carbons (Fsp3) is 0.0952. The second-order valence-corrected chi connectivity index (χ2v) is 7.26. The van der Waals surface area contributed by atoms with Crippen molar-refractivity contribution in [1.82, 2.24) is 4.90 Å². The monoisotopic (exact) mass is 375 g/mol. The fourth-order valence-corrected chi connectivity index (χ4v) is 4.15. The summed E-state index contributed by atoms with van der Waals surface area (Å²) in [5, 5.41) is 1.88.